The molecule has 0 radical (unpaired) electrons. The second kappa shape index (κ2) is 6.54. The Morgan fingerprint density at radius 2 is 1.90 bits per heavy atom. The van der Waals surface area contributed by atoms with Gasteiger partial charge in [-0.15, -0.1) is 0 Å². The number of nitrogens with one attached hydrogen (secondary N) is 1. The number of nitrogens with zero attached hydrogens (tertiary/aromatic N) is 1. The lowest BCUT2D eigenvalue weighted by Crippen LogP contribution is -2.39. The summed E-state index contributed by atoms with van der Waals surface area (Å²) in [6, 6.07) is 9.23. The molecule has 3 unspecified atom stereocenters. The van der Waals surface area contributed by atoms with Crippen molar-refractivity contribution >= 4 is 5.91 Å². The molecular weight excluding hydrogens is 266 g/mol. The van der Waals surface area contributed by atoms with Gasteiger partial charge in [0, 0.05) is 17.5 Å². The highest BCUT2D eigenvalue weighted by Crippen LogP contribution is 2.22. The molecule has 1 aromatic heterocycles. The van der Waals surface area contributed by atoms with Crippen molar-refractivity contribution in [2.24, 2.45) is 11.7 Å². The maximum absolute atomic E-state index is 12.0. The van der Waals surface area contributed by atoms with Crippen molar-refractivity contribution in [3.63, 3.8) is 0 Å². The van der Waals surface area contributed by atoms with Crippen molar-refractivity contribution in [2.75, 3.05) is 0 Å². The fourth-order valence-corrected chi connectivity index (χ4v) is 1.87. The molecular formula is C16H21N3O2. The molecule has 0 aliphatic rings. The number of benzene rings is 1. The van der Waals surface area contributed by atoms with E-state index in [1.165, 1.54) is 0 Å². The summed E-state index contributed by atoms with van der Waals surface area (Å²) in [6.07, 6.45) is 1.67. The fraction of sp³-hybridized carbons (Fsp3) is 0.375. The summed E-state index contributed by atoms with van der Waals surface area (Å²) >= 11 is 0. The quantitative estimate of drug-likeness (QED) is 0.885. The van der Waals surface area contributed by atoms with Gasteiger partial charge in [0.25, 0.3) is 0 Å². The standard InChI is InChI=1S/C16H21N3O2/c1-10(11(2)17)15(20)19-12(3)16-18-9-14(21-16)13-7-5-4-6-8-13/h4-12H,17H2,1-3H3,(H,19,20). The Labute approximate surface area is 124 Å². The van der Waals surface area contributed by atoms with Crippen molar-refractivity contribution in [3.05, 3.63) is 42.4 Å². The molecule has 0 saturated carbocycles. The SMILES string of the molecule is CC(NC(=O)C(C)C(C)N)c1ncc(-c2ccccc2)o1. The number of rotatable bonds is 5. The highest BCUT2D eigenvalue weighted by Gasteiger charge is 2.21. The highest BCUT2D eigenvalue weighted by atomic mass is 16.4. The van der Waals surface area contributed by atoms with E-state index in [1.54, 1.807) is 13.1 Å². The number of oxazole rings is 1. The Balaban J connectivity index is 2.06. The first-order chi connectivity index (χ1) is 9.99. The Bertz CT molecular complexity index is 593. The van der Waals surface area contributed by atoms with E-state index in [-0.39, 0.29) is 23.9 Å². The van der Waals surface area contributed by atoms with Gasteiger partial charge in [0.1, 0.15) is 6.04 Å². The van der Waals surface area contributed by atoms with E-state index < -0.39 is 0 Å². The van der Waals surface area contributed by atoms with Crippen LogP contribution in [0, 0.1) is 5.92 Å². The van der Waals surface area contributed by atoms with Crippen LogP contribution in [0.15, 0.2) is 40.9 Å². The van der Waals surface area contributed by atoms with Crippen LogP contribution in [0.1, 0.15) is 32.7 Å². The van der Waals surface area contributed by atoms with E-state index in [0.717, 1.165) is 5.56 Å². The molecule has 2 aromatic rings. The van der Waals surface area contributed by atoms with Crippen LogP contribution in [0.4, 0.5) is 0 Å². The number of hydrogen-bond donors (Lipinski definition) is 2. The zero-order valence-electron chi connectivity index (χ0n) is 12.5. The first-order valence-corrected chi connectivity index (χ1v) is 7.06. The molecule has 0 spiro atoms. The van der Waals surface area contributed by atoms with Gasteiger partial charge in [-0.2, -0.15) is 0 Å². The van der Waals surface area contributed by atoms with Crippen LogP contribution in [-0.4, -0.2) is 16.9 Å². The summed E-state index contributed by atoms with van der Waals surface area (Å²) in [5.41, 5.74) is 6.69. The largest absolute Gasteiger partial charge is 0.438 e. The first kappa shape index (κ1) is 15.3. The predicted octanol–water partition coefficient (Wildman–Crippen LogP) is 2.50. The van der Waals surface area contributed by atoms with Crippen molar-refractivity contribution in [2.45, 2.75) is 32.9 Å². The molecule has 3 N–H and O–H groups in total. The normalized spacial score (nSPS) is 15.2. The van der Waals surface area contributed by atoms with E-state index in [4.69, 9.17) is 10.2 Å². The summed E-state index contributed by atoms with van der Waals surface area (Å²) in [4.78, 5) is 16.2. The predicted molar refractivity (Wildman–Crippen MR) is 81.3 cm³/mol. The zero-order chi connectivity index (χ0) is 15.4. The van der Waals surface area contributed by atoms with Gasteiger partial charge in [0.2, 0.25) is 11.8 Å². The number of carbonyl (C=O) groups is 1. The Kier molecular flexibility index (Phi) is 4.75. The second-order valence-electron chi connectivity index (χ2n) is 5.31. The lowest BCUT2D eigenvalue weighted by Gasteiger charge is -2.17. The lowest BCUT2D eigenvalue weighted by molar-refractivity contribution is -0.125. The van der Waals surface area contributed by atoms with Gasteiger partial charge < -0.3 is 15.5 Å². The fourth-order valence-electron chi connectivity index (χ4n) is 1.87. The Morgan fingerprint density at radius 1 is 1.24 bits per heavy atom. The molecule has 21 heavy (non-hydrogen) atoms. The summed E-state index contributed by atoms with van der Waals surface area (Å²) in [5.74, 6) is 0.819. The molecule has 3 atom stereocenters. The number of amides is 1. The van der Waals surface area contributed by atoms with Gasteiger partial charge in [-0.1, -0.05) is 37.3 Å². The van der Waals surface area contributed by atoms with E-state index in [1.807, 2.05) is 44.2 Å². The summed E-state index contributed by atoms with van der Waals surface area (Å²) in [7, 11) is 0. The van der Waals surface area contributed by atoms with Crippen LogP contribution in [-0.2, 0) is 4.79 Å². The highest BCUT2D eigenvalue weighted by molar-refractivity contribution is 5.79. The van der Waals surface area contributed by atoms with E-state index in [2.05, 4.69) is 10.3 Å². The van der Waals surface area contributed by atoms with Crippen molar-refractivity contribution in [1.82, 2.24) is 10.3 Å². The van der Waals surface area contributed by atoms with Crippen molar-refractivity contribution < 1.29 is 9.21 Å². The Morgan fingerprint density at radius 3 is 2.52 bits per heavy atom. The lowest BCUT2D eigenvalue weighted by atomic mass is 10.0. The van der Waals surface area contributed by atoms with Gasteiger partial charge in [-0.3, -0.25) is 4.79 Å². The summed E-state index contributed by atoms with van der Waals surface area (Å²) in [6.45, 7) is 5.46. The molecule has 0 aliphatic heterocycles. The van der Waals surface area contributed by atoms with Crippen LogP contribution >= 0.6 is 0 Å². The molecule has 2 rings (SSSR count). The number of carbonyl (C=O) groups excluding carboxylic acids is 1. The van der Waals surface area contributed by atoms with Gasteiger partial charge >= 0.3 is 0 Å². The molecule has 1 amide bonds. The number of nitrogens with two attached hydrogens (primary N) is 1. The molecule has 1 heterocycles. The molecule has 0 saturated heterocycles. The first-order valence-electron chi connectivity index (χ1n) is 7.06. The van der Waals surface area contributed by atoms with Crippen molar-refractivity contribution in [3.8, 4) is 11.3 Å². The minimum atomic E-state index is -0.295. The van der Waals surface area contributed by atoms with Crippen LogP contribution in [0.3, 0.4) is 0 Å². The third-order valence-corrected chi connectivity index (χ3v) is 3.51. The van der Waals surface area contributed by atoms with Crippen LogP contribution in [0.25, 0.3) is 11.3 Å². The topological polar surface area (TPSA) is 81.2 Å². The van der Waals surface area contributed by atoms with Gasteiger partial charge in [0.05, 0.1) is 6.20 Å². The van der Waals surface area contributed by atoms with Crippen LogP contribution in [0.2, 0.25) is 0 Å². The maximum atomic E-state index is 12.0. The molecule has 0 bridgehead atoms. The average molecular weight is 287 g/mol. The maximum Gasteiger partial charge on any atom is 0.225 e. The number of hydrogen-bond acceptors (Lipinski definition) is 4. The van der Waals surface area contributed by atoms with E-state index >= 15 is 0 Å². The molecule has 5 heteroatoms. The van der Waals surface area contributed by atoms with Crippen LogP contribution < -0.4 is 11.1 Å². The zero-order valence-corrected chi connectivity index (χ0v) is 12.5. The molecule has 0 fully saturated rings. The average Bonchev–Trinajstić information content (AvgIpc) is 2.97. The van der Waals surface area contributed by atoms with Crippen LogP contribution in [0.5, 0.6) is 0 Å². The Hall–Kier alpha value is -2.14. The smallest absolute Gasteiger partial charge is 0.225 e. The minimum Gasteiger partial charge on any atom is -0.438 e. The third kappa shape index (κ3) is 3.70. The molecule has 1 aromatic carbocycles. The molecule has 112 valence electrons. The van der Waals surface area contributed by atoms with E-state index in [0.29, 0.717) is 11.7 Å². The monoisotopic (exact) mass is 287 g/mol. The molecule has 0 aliphatic carbocycles. The summed E-state index contributed by atoms with van der Waals surface area (Å²) in [5, 5.41) is 2.87. The van der Waals surface area contributed by atoms with E-state index in [9.17, 15) is 4.79 Å². The summed E-state index contributed by atoms with van der Waals surface area (Å²) < 4.78 is 5.72. The third-order valence-electron chi connectivity index (χ3n) is 3.51. The number of aromatic nitrogens is 1. The van der Waals surface area contributed by atoms with Gasteiger partial charge in [0.15, 0.2) is 5.76 Å². The van der Waals surface area contributed by atoms with Gasteiger partial charge in [-0.05, 0) is 13.8 Å². The second-order valence-corrected chi connectivity index (χ2v) is 5.31. The van der Waals surface area contributed by atoms with Crippen molar-refractivity contribution in [1.29, 1.82) is 0 Å². The van der Waals surface area contributed by atoms with Gasteiger partial charge in [-0.25, -0.2) is 4.98 Å². The molecule has 5 nitrogen and oxygen atoms in total. The minimum absolute atomic E-state index is 0.100.